The number of hydrogen-bond donors (Lipinski definition) is 1. The third kappa shape index (κ3) is 3.90. The molecule has 1 saturated heterocycles. The van der Waals surface area contributed by atoms with Gasteiger partial charge in [-0.15, -0.1) is 23.2 Å². The average molecular weight is 626 g/mol. The van der Waals surface area contributed by atoms with Crippen molar-refractivity contribution in [3.05, 3.63) is 125 Å². The molecule has 3 amide bonds. The van der Waals surface area contributed by atoms with Gasteiger partial charge in [-0.3, -0.25) is 19.3 Å². The summed E-state index contributed by atoms with van der Waals surface area (Å²) in [5, 5.41) is 2.91. The van der Waals surface area contributed by atoms with E-state index in [1.54, 1.807) is 24.3 Å². The van der Waals surface area contributed by atoms with Crippen molar-refractivity contribution in [3.8, 4) is 11.5 Å². The van der Waals surface area contributed by atoms with Gasteiger partial charge in [-0.1, -0.05) is 80.6 Å². The molecule has 4 aromatic carbocycles. The zero-order valence-electron chi connectivity index (χ0n) is 24.4. The number of carbonyl (C=O) groups excluding carboxylic acids is 3. The van der Waals surface area contributed by atoms with Crippen LogP contribution in [0.2, 0.25) is 0 Å². The van der Waals surface area contributed by atoms with Crippen molar-refractivity contribution in [2.45, 2.75) is 36.6 Å². The molecule has 2 bridgehead atoms. The highest BCUT2D eigenvalue weighted by atomic mass is 35.5. The van der Waals surface area contributed by atoms with Gasteiger partial charge in [0.2, 0.25) is 17.7 Å². The van der Waals surface area contributed by atoms with Gasteiger partial charge in [0.15, 0.2) is 0 Å². The number of alkyl halides is 2. The molecule has 8 rings (SSSR count). The number of amides is 3. The summed E-state index contributed by atoms with van der Waals surface area (Å²) in [6, 6.07) is 28.6. The van der Waals surface area contributed by atoms with Crippen LogP contribution in [0.15, 0.2) is 97.1 Å². The van der Waals surface area contributed by atoms with Crippen LogP contribution in [0.3, 0.4) is 0 Å². The summed E-state index contributed by atoms with van der Waals surface area (Å²) in [6.45, 7) is 5.60. The number of halogens is 2. The third-order valence-corrected chi connectivity index (χ3v) is 10.5. The molecule has 1 heterocycles. The maximum atomic E-state index is 14.4. The molecule has 8 heteroatoms. The predicted octanol–water partition coefficient (Wildman–Crippen LogP) is 7.34. The Kier molecular flexibility index (Phi) is 6.65. The van der Waals surface area contributed by atoms with E-state index in [0.29, 0.717) is 11.4 Å². The lowest BCUT2D eigenvalue weighted by Crippen LogP contribution is -2.57. The number of imide groups is 1. The number of nitrogens with zero attached hydrogens (tertiary/aromatic N) is 1. The van der Waals surface area contributed by atoms with Gasteiger partial charge in [-0.25, -0.2) is 0 Å². The van der Waals surface area contributed by atoms with E-state index in [1.165, 1.54) is 0 Å². The van der Waals surface area contributed by atoms with Crippen LogP contribution in [0.4, 0.5) is 5.69 Å². The highest BCUT2D eigenvalue weighted by molar-refractivity contribution is 6.36. The van der Waals surface area contributed by atoms with Gasteiger partial charge < -0.3 is 10.1 Å². The van der Waals surface area contributed by atoms with E-state index in [4.69, 9.17) is 27.9 Å². The van der Waals surface area contributed by atoms with Crippen LogP contribution in [0.1, 0.15) is 41.7 Å². The highest BCUT2D eigenvalue weighted by Gasteiger charge is 2.73. The van der Waals surface area contributed by atoms with Crippen LogP contribution in [0, 0.1) is 24.7 Å². The molecule has 0 aromatic heterocycles. The minimum absolute atomic E-state index is 0.383. The molecule has 0 saturated carbocycles. The van der Waals surface area contributed by atoms with Crippen molar-refractivity contribution in [2.75, 3.05) is 5.32 Å². The molecule has 1 fully saturated rings. The van der Waals surface area contributed by atoms with Crippen LogP contribution in [0.5, 0.6) is 11.5 Å². The van der Waals surface area contributed by atoms with E-state index in [1.807, 2.05) is 93.6 Å². The van der Waals surface area contributed by atoms with E-state index in [2.05, 4.69) is 5.32 Å². The van der Waals surface area contributed by atoms with Crippen molar-refractivity contribution < 1.29 is 19.1 Å². The lowest BCUT2D eigenvalue weighted by atomic mass is 9.54. The lowest BCUT2D eigenvalue weighted by molar-refractivity contribution is -0.148. The fourth-order valence-corrected chi connectivity index (χ4v) is 8.40. The third-order valence-electron chi connectivity index (χ3n) is 9.24. The van der Waals surface area contributed by atoms with Crippen molar-refractivity contribution in [1.82, 2.24) is 4.90 Å². The fourth-order valence-electron chi connectivity index (χ4n) is 7.30. The standard InChI is InChI=1S/C36H30Cl2N2O4/c1-20(2)31(32(41)39-22-16-18-23(19-17-22)44-28-15-9-4-10-21(28)3)40-33(42)29-30(34(40)43)36(38)25-12-6-5-11-24(25)35(29,37)26-13-7-8-14-27(26)36/h4-20,29-31H,1-3H3,(H,39,41)/t29-,30+,31-,35?,36?/m0/s1. The second-order valence-electron chi connectivity index (χ2n) is 12.1. The minimum atomic E-state index is -1.30. The van der Waals surface area contributed by atoms with Gasteiger partial charge in [0.1, 0.15) is 27.3 Å². The molecule has 3 atom stereocenters. The number of hydrogen-bond acceptors (Lipinski definition) is 4. The van der Waals surface area contributed by atoms with Gasteiger partial charge in [0, 0.05) is 5.69 Å². The largest absolute Gasteiger partial charge is 0.457 e. The molecule has 222 valence electrons. The number of carbonyl (C=O) groups is 3. The number of para-hydroxylation sites is 1. The Balaban J connectivity index is 1.21. The SMILES string of the molecule is Cc1ccccc1Oc1ccc(NC(=O)[C@H](C(C)C)N2C(=O)[C@@H]3[C@H](C2=O)C2(Cl)c4ccccc4C3(Cl)c3ccccc32)cc1. The monoisotopic (exact) mass is 624 g/mol. The van der Waals surface area contributed by atoms with E-state index in [9.17, 15) is 14.4 Å². The number of aryl methyl sites for hydroxylation is 1. The van der Waals surface area contributed by atoms with Crippen LogP contribution in [-0.4, -0.2) is 28.7 Å². The number of nitrogens with one attached hydrogen (secondary N) is 1. The van der Waals surface area contributed by atoms with Crippen LogP contribution in [-0.2, 0) is 24.1 Å². The Bertz CT molecular complexity index is 1710. The molecule has 0 radical (unpaired) electrons. The maximum Gasteiger partial charge on any atom is 0.247 e. The van der Waals surface area contributed by atoms with Gasteiger partial charge >= 0.3 is 0 Å². The molecule has 1 aliphatic heterocycles. The summed E-state index contributed by atoms with van der Waals surface area (Å²) >= 11 is 15.1. The fraction of sp³-hybridized carbons (Fsp3) is 0.250. The number of benzene rings is 4. The summed E-state index contributed by atoms with van der Waals surface area (Å²) in [6.07, 6.45) is 0. The molecule has 4 aliphatic rings. The summed E-state index contributed by atoms with van der Waals surface area (Å²) in [4.78, 5) is 41.2. The second kappa shape index (κ2) is 10.2. The first kappa shape index (κ1) is 28.6. The van der Waals surface area contributed by atoms with Crippen LogP contribution >= 0.6 is 23.2 Å². The molecule has 44 heavy (non-hydrogen) atoms. The van der Waals surface area contributed by atoms with Gasteiger partial charge in [0.05, 0.1) is 11.8 Å². The van der Waals surface area contributed by atoms with Gasteiger partial charge in [-0.2, -0.15) is 0 Å². The molecule has 0 unspecified atom stereocenters. The van der Waals surface area contributed by atoms with E-state index < -0.39 is 45.3 Å². The average Bonchev–Trinajstić information content (AvgIpc) is 3.28. The summed E-state index contributed by atoms with van der Waals surface area (Å²) in [5.41, 5.74) is 4.40. The Hall–Kier alpha value is -4.13. The van der Waals surface area contributed by atoms with Crippen molar-refractivity contribution >= 4 is 46.6 Å². The Morgan fingerprint density at radius 1 is 0.750 bits per heavy atom. The van der Waals surface area contributed by atoms with E-state index >= 15 is 0 Å². The highest BCUT2D eigenvalue weighted by Crippen LogP contribution is 2.69. The van der Waals surface area contributed by atoms with E-state index in [0.717, 1.165) is 38.5 Å². The summed E-state index contributed by atoms with van der Waals surface area (Å²) in [7, 11) is 0. The number of ether oxygens (including phenoxy) is 1. The normalized spacial score (nSPS) is 25.4. The van der Waals surface area contributed by atoms with Gasteiger partial charge in [0.25, 0.3) is 0 Å². The van der Waals surface area contributed by atoms with Crippen LogP contribution in [0.25, 0.3) is 0 Å². The first-order chi connectivity index (χ1) is 21.1. The molecule has 1 N–H and O–H groups in total. The minimum Gasteiger partial charge on any atom is -0.457 e. The molecule has 3 aliphatic carbocycles. The number of likely N-dealkylation sites (tertiary alicyclic amines) is 1. The number of anilines is 1. The predicted molar refractivity (Wildman–Crippen MR) is 170 cm³/mol. The first-order valence-electron chi connectivity index (χ1n) is 14.7. The maximum absolute atomic E-state index is 14.4. The zero-order chi connectivity index (χ0) is 31.0. The quantitative estimate of drug-likeness (QED) is 0.180. The molecule has 0 spiro atoms. The Labute approximate surface area is 265 Å². The molecule has 6 nitrogen and oxygen atoms in total. The Morgan fingerprint density at radius 2 is 1.20 bits per heavy atom. The van der Waals surface area contributed by atoms with Crippen molar-refractivity contribution in [1.29, 1.82) is 0 Å². The first-order valence-corrected chi connectivity index (χ1v) is 15.4. The molecule has 4 aromatic rings. The topological polar surface area (TPSA) is 75.7 Å². The second-order valence-corrected chi connectivity index (χ2v) is 13.3. The number of rotatable bonds is 6. The van der Waals surface area contributed by atoms with Crippen molar-refractivity contribution in [2.24, 2.45) is 17.8 Å². The zero-order valence-corrected chi connectivity index (χ0v) is 25.9. The summed E-state index contributed by atoms with van der Waals surface area (Å²) in [5.74, 6) is -2.41. The van der Waals surface area contributed by atoms with Crippen molar-refractivity contribution in [3.63, 3.8) is 0 Å². The van der Waals surface area contributed by atoms with E-state index in [-0.39, 0.29) is 5.92 Å². The smallest absolute Gasteiger partial charge is 0.247 e. The molecular formula is C36H30Cl2N2O4. The van der Waals surface area contributed by atoms with Gasteiger partial charge in [-0.05, 0) is 71.0 Å². The molecular weight excluding hydrogens is 595 g/mol. The Morgan fingerprint density at radius 3 is 1.66 bits per heavy atom. The summed E-state index contributed by atoms with van der Waals surface area (Å²) < 4.78 is 5.98. The van der Waals surface area contributed by atoms with Crippen LogP contribution < -0.4 is 10.1 Å². The lowest BCUT2D eigenvalue weighted by Gasteiger charge is -2.54.